The number of nitrogens with one attached hydrogen (secondary N) is 1. The van der Waals surface area contributed by atoms with Gasteiger partial charge < -0.3 is 10.2 Å². The van der Waals surface area contributed by atoms with Gasteiger partial charge in [-0.05, 0) is 27.1 Å². The van der Waals surface area contributed by atoms with Crippen molar-refractivity contribution in [2.45, 2.75) is 27.2 Å². The van der Waals surface area contributed by atoms with E-state index in [1.807, 2.05) is 20.9 Å². The average Bonchev–Trinajstić information content (AvgIpc) is 2.21. The maximum atomic E-state index is 3.12. The van der Waals surface area contributed by atoms with Gasteiger partial charge in [0.05, 0.1) is 0 Å². The highest BCUT2D eigenvalue weighted by Crippen LogP contribution is 1.82. The Labute approximate surface area is 85.0 Å². The van der Waals surface area contributed by atoms with Gasteiger partial charge in [0.2, 0.25) is 0 Å². The van der Waals surface area contributed by atoms with Crippen LogP contribution in [0.3, 0.4) is 0 Å². The van der Waals surface area contributed by atoms with E-state index in [4.69, 9.17) is 0 Å². The first-order valence-corrected chi connectivity index (χ1v) is 5.14. The molecule has 2 heteroatoms. The standard InChI is InChI=1S/C7H18N2.C2H6.C2H4/c1-4-6-9(3)7-5-8-2;2*1-2/h8H,4-7H2,1-3H3;1-2H3;1-2H2. The molecule has 1 N–H and O–H groups in total. The van der Waals surface area contributed by atoms with Crippen molar-refractivity contribution in [2.75, 3.05) is 33.7 Å². The third-order valence-electron chi connectivity index (χ3n) is 1.35. The Morgan fingerprint density at radius 1 is 1.15 bits per heavy atom. The van der Waals surface area contributed by atoms with E-state index in [1.54, 1.807) is 0 Å². The molecule has 0 atom stereocenters. The summed E-state index contributed by atoms with van der Waals surface area (Å²) in [6.07, 6.45) is 1.25. The van der Waals surface area contributed by atoms with Crippen molar-refractivity contribution < 1.29 is 0 Å². The van der Waals surface area contributed by atoms with Crippen LogP contribution in [-0.2, 0) is 0 Å². The highest BCUT2D eigenvalue weighted by molar-refractivity contribution is 4.50. The minimum absolute atomic E-state index is 1.09. The topological polar surface area (TPSA) is 15.3 Å². The van der Waals surface area contributed by atoms with E-state index in [-0.39, 0.29) is 0 Å². The summed E-state index contributed by atoms with van der Waals surface area (Å²) in [6, 6.07) is 0. The zero-order valence-electron chi connectivity index (χ0n) is 10.2. The average molecular weight is 188 g/mol. The quantitative estimate of drug-likeness (QED) is 0.666. The molecule has 2 nitrogen and oxygen atoms in total. The minimum Gasteiger partial charge on any atom is -0.318 e. The molecule has 82 valence electrons. The second-order valence-corrected chi connectivity index (χ2v) is 2.41. The Kier molecular flexibility index (Phi) is 32.0. The number of hydrogen-bond donors (Lipinski definition) is 1. The number of likely N-dealkylation sites (N-methyl/N-ethyl adjacent to an activating group) is 2. The van der Waals surface area contributed by atoms with Crippen molar-refractivity contribution in [3.05, 3.63) is 13.2 Å². The van der Waals surface area contributed by atoms with E-state index in [0.717, 1.165) is 13.1 Å². The van der Waals surface area contributed by atoms with Crippen LogP contribution in [0.25, 0.3) is 0 Å². The fourth-order valence-corrected chi connectivity index (χ4v) is 0.796. The highest BCUT2D eigenvalue weighted by Gasteiger charge is 1.91. The molecule has 0 rings (SSSR count). The first-order valence-electron chi connectivity index (χ1n) is 5.14. The highest BCUT2D eigenvalue weighted by atomic mass is 15.1. The molecule has 0 spiro atoms. The number of nitrogens with zero attached hydrogens (tertiary/aromatic N) is 1. The van der Waals surface area contributed by atoms with Crippen molar-refractivity contribution in [1.29, 1.82) is 0 Å². The molecule has 0 aromatic heterocycles. The van der Waals surface area contributed by atoms with Crippen LogP contribution in [0.5, 0.6) is 0 Å². The van der Waals surface area contributed by atoms with Crippen LogP contribution >= 0.6 is 0 Å². The zero-order chi connectivity index (χ0) is 11.1. The van der Waals surface area contributed by atoms with E-state index < -0.39 is 0 Å². The molecule has 0 amide bonds. The summed E-state index contributed by atoms with van der Waals surface area (Å²) >= 11 is 0. The number of hydrogen-bond acceptors (Lipinski definition) is 2. The predicted octanol–water partition coefficient (Wildman–Crippen LogP) is 2.38. The molecular weight excluding hydrogens is 160 g/mol. The maximum Gasteiger partial charge on any atom is 0.0104 e. The summed E-state index contributed by atoms with van der Waals surface area (Å²) < 4.78 is 0. The second kappa shape index (κ2) is 22.6. The van der Waals surface area contributed by atoms with Crippen molar-refractivity contribution in [2.24, 2.45) is 0 Å². The Bertz CT molecular complexity index is 65.1. The van der Waals surface area contributed by atoms with Crippen LogP contribution in [0.1, 0.15) is 27.2 Å². The van der Waals surface area contributed by atoms with Gasteiger partial charge >= 0.3 is 0 Å². The minimum atomic E-state index is 1.09. The first-order chi connectivity index (χ1) is 6.31. The largest absolute Gasteiger partial charge is 0.318 e. The zero-order valence-corrected chi connectivity index (χ0v) is 10.2. The Morgan fingerprint density at radius 2 is 1.62 bits per heavy atom. The summed E-state index contributed by atoms with van der Waals surface area (Å²) in [6.45, 7) is 15.7. The fraction of sp³-hybridized carbons (Fsp3) is 0.818. The molecular formula is C11H28N2. The third-order valence-corrected chi connectivity index (χ3v) is 1.35. The van der Waals surface area contributed by atoms with Crippen molar-refractivity contribution in [1.82, 2.24) is 10.2 Å². The first kappa shape index (κ1) is 18.4. The van der Waals surface area contributed by atoms with Crippen LogP contribution in [-0.4, -0.2) is 38.6 Å². The van der Waals surface area contributed by atoms with Crippen LogP contribution in [0.2, 0.25) is 0 Å². The molecule has 0 aromatic rings. The van der Waals surface area contributed by atoms with Gasteiger partial charge in [0, 0.05) is 13.1 Å². The monoisotopic (exact) mass is 188 g/mol. The fourth-order valence-electron chi connectivity index (χ4n) is 0.796. The molecule has 0 fully saturated rings. The van der Waals surface area contributed by atoms with Gasteiger partial charge in [-0.15, -0.1) is 13.2 Å². The Morgan fingerprint density at radius 3 is 1.92 bits per heavy atom. The lowest BCUT2D eigenvalue weighted by atomic mass is 10.4. The molecule has 0 bridgehead atoms. The van der Waals surface area contributed by atoms with Gasteiger partial charge in [-0.1, -0.05) is 20.8 Å². The van der Waals surface area contributed by atoms with Crippen molar-refractivity contribution >= 4 is 0 Å². The molecule has 0 aliphatic heterocycles. The van der Waals surface area contributed by atoms with E-state index in [0.29, 0.717) is 0 Å². The lowest BCUT2D eigenvalue weighted by Gasteiger charge is -2.13. The Balaban J connectivity index is -0.000000218. The van der Waals surface area contributed by atoms with Gasteiger partial charge in [0.1, 0.15) is 0 Å². The van der Waals surface area contributed by atoms with E-state index >= 15 is 0 Å². The molecule has 0 saturated heterocycles. The summed E-state index contributed by atoms with van der Waals surface area (Å²) in [4.78, 5) is 2.33. The van der Waals surface area contributed by atoms with Crippen LogP contribution in [0.15, 0.2) is 13.2 Å². The van der Waals surface area contributed by atoms with Crippen molar-refractivity contribution in [3.8, 4) is 0 Å². The van der Waals surface area contributed by atoms with Gasteiger partial charge in [0.15, 0.2) is 0 Å². The normalized spacial score (nSPS) is 8.15. The Hall–Kier alpha value is -0.340. The lowest BCUT2D eigenvalue weighted by molar-refractivity contribution is 0.336. The van der Waals surface area contributed by atoms with E-state index in [9.17, 15) is 0 Å². The van der Waals surface area contributed by atoms with Gasteiger partial charge in [-0.3, -0.25) is 0 Å². The maximum absolute atomic E-state index is 3.12. The molecule has 0 aliphatic carbocycles. The molecule has 13 heavy (non-hydrogen) atoms. The second-order valence-electron chi connectivity index (χ2n) is 2.41. The molecule has 0 unspecified atom stereocenters. The van der Waals surface area contributed by atoms with Gasteiger partial charge in [-0.25, -0.2) is 0 Å². The van der Waals surface area contributed by atoms with E-state index in [1.165, 1.54) is 13.0 Å². The molecule has 0 saturated carbocycles. The van der Waals surface area contributed by atoms with Gasteiger partial charge in [0.25, 0.3) is 0 Å². The lowest BCUT2D eigenvalue weighted by Crippen LogP contribution is -2.27. The SMILES string of the molecule is C=C.CC.CCCN(C)CCNC. The molecule has 0 aromatic carbocycles. The summed E-state index contributed by atoms with van der Waals surface area (Å²) in [5, 5.41) is 3.12. The summed E-state index contributed by atoms with van der Waals surface area (Å²) in [5.41, 5.74) is 0. The van der Waals surface area contributed by atoms with Gasteiger partial charge in [-0.2, -0.15) is 0 Å². The third kappa shape index (κ3) is 24.5. The van der Waals surface area contributed by atoms with Crippen LogP contribution in [0, 0.1) is 0 Å². The summed E-state index contributed by atoms with van der Waals surface area (Å²) in [7, 11) is 4.14. The molecule has 0 aliphatic rings. The summed E-state index contributed by atoms with van der Waals surface area (Å²) in [5.74, 6) is 0. The van der Waals surface area contributed by atoms with Crippen LogP contribution < -0.4 is 5.32 Å². The van der Waals surface area contributed by atoms with Crippen LogP contribution in [0.4, 0.5) is 0 Å². The molecule has 0 radical (unpaired) electrons. The number of rotatable bonds is 5. The smallest absolute Gasteiger partial charge is 0.0104 e. The van der Waals surface area contributed by atoms with E-state index in [2.05, 4.69) is 37.3 Å². The molecule has 0 heterocycles. The van der Waals surface area contributed by atoms with Crippen molar-refractivity contribution in [3.63, 3.8) is 0 Å². The predicted molar refractivity (Wildman–Crippen MR) is 64.3 cm³/mol.